The molecule has 31 heavy (non-hydrogen) atoms. The number of rotatable bonds is 7. The van der Waals surface area contributed by atoms with Gasteiger partial charge in [-0.25, -0.2) is 0 Å². The van der Waals surface area contributed by atoms with E-state index in [2.05, 4.69) is 46.8 Å². The van der Waals surface area contributed by atoms with Crippen LogP contribution in [-0.2, 0) is 5.75 Å². The SMILES string of the molecule is COc1cc(OC)cc(-c2nnc(SCc3ccc(C)c(C)c3)n2C2CCCCC2)c1. The van der Waals surface area contributed by atoms with Gasteiger partial charge in [0.2, 0.25) is 0 Å². The second-order valence-electron chi connectivity index (χ2n) is 8.28. The monoisotopic (exact) mass is 437 g/mol. The minimum absolute atomic E-state index is 0.429. The van der Waals surface area contributed by atoms with Gasteiger partial charge in [-0.2, -0.15) is 0 Å². The zero-order valence-electron chi connectivity index (χ0n) is 18.9. The van der Waals surface area contributed by atoms with Crippen LogP contribution in [0.25, 0.3) is 11.4 Å². The summed E-state index contributed by atoms with van der Waals surface area (Å²) in [6.45, 7) is 4.32. The zero-order valence-corrected chi connectivity index (χ0v) is 19.7. The molecule has 4 rings (SSSR count). The lowest BCUT2D eigenvalue weighted by molar-refractivity contribution is 0.339. The summed E-state index contributed by atoms with van der Waals surface area (Å²) in [5.41, 5.74) is 4.95. The molecule has 0 saturated heterocycles. The van der Waals surface area contributed by atoms with Gasteiger partial charge in [-0.3, -0.25) is 4.57 Å². The van der Waals surface area contributed by atoms with Crippen LogP contribution in [0.1, 0.15) is 54.8 Å². The quantitative estimate of drug-likeness (QED) is 0.402. The van der Waals surface area contributed by atoms with Crippen LogP contribution < -0.4 is 9.47 Å². The third-order valence-corrected chi connectivity index (χ3v) is 7.17. The van der Waals surface area contributed by atoms with Crippen molar-refractivity contribution in [3.8, 4) is 22.9 Å². The van der Waals surface area contributed by atoms with Gasteiger partial charge in [0.15, 0.2) is 11.0 Å². The van der Waals surface area contributed by atoms with E-state index in [1.165, 1.54) is 48.8 Å². The third-order valence-electron chi connectivity index (χ3n) is 6.15. The van der Waals surface area contributed by atoms with Crippen molar-refractivity contribution in [1.82, 2.24) is 14.8 Å². The number of ether oxygens (including phenoxy) is 2. The van der Waals surface area contributed by atoms with E-state index in [9.17, 15) is 0 Å². The second-order valence-corrected chi connectivity index (χ2v) is 9.22. The first-order chi connectivity index (χ1) is 15.1. The first kappa shape index (κ1) is 21.8. The van der Waals surface area contributed by atoms with Crippen molar-refractivity contribution in [2.45, 2.75) is 62.9 Å². The molecule has 5 nitrogen and oxygen atoms in total. The Balaban J connectivity index is 1.69. The number of hydrogen-bond acceptors (Lipinski definition) is 5. The standard InChI is InChI=1S/C25H31N3O2S/c1-17-10-11-19(12-18(17)2)16-31-25-27-26-24(28(25)21-8-6-5-7-9-21)20-13-22(29-3)15-23(14-20)30-4/h10-15,21H,5-9,16H2,1-4H3. The molecule has 1 fully saturated rings. The normalized spacial score (nSPS) is 14.6. The molecule has 1 heterocycles. The van der Waals surface area contributed by atoms with Gasteiger partial charge in [-0.05, 0) is 55.5 Å². The third kappa shape index (κ3) is 4.90. The van der Waals surface area contributed by atoms with Crippen molar-refractivity contribution >= 4 is 11.8 Å². The average molecular weight is 438 g/mol. The van der Waals surface area contributed by atoms with E-state index >= 15 is 0 Å². The van der Waals surface area contributed by atoms with E-state index in [1.807, 2.05) is 18.2 Å². The number of aromatic nitrogens is 3. The second kappa shape index (κ2) is 9.77. The molecular formula is C25H31N3O2S. The van der Waals surface area contributed by atoms with E-state index in [-0.39, 0.29) is 0 Å². The van der Waals surface area contributed by atoms with Crippen LogP contribution >= 0.6 is 11.8 Å². The first-order valence-corrected chi connectivity index (χ1v) is 11.9. The van der Waals surface area contributed by atoms with Crippen molar-refractivity contribution < 1.29 is 9.47 Å². The van der Waals surface area contributed by atoms with Crippen molar-refractivity contribution in [1.29, 1.82) is 0 Å². The Kier molecular flexibility index (Phi) is 6.86. The molecule has 0 unspecified atom stereocenters. The molecule has 0 atom stereocenters. The largest absolute Gasteiger partial charge is 0.497 e. The van der Waals surface area contributed by atoms with Gasteiger partial charge in [0.1, 0.15) is 11.5 Å². The molecule has 6 heteroatoms. The van der Waals surface area contributed by atoms with Crippen LogP contribution in [0.4, 0.5) is 0 Å². The summed E-state index contributed by atoms with van der Waals surface area (Å²) >= 11 is 1.77. The van der Waals surface area contributed by atoms with Crippen molar-refractivity contribution in [2.24, 2.45) is 0 Å². The summed E-state index contributed by atoms with van der Waals surface area (Å²) in [4.78, 5) is 0. The molecular weight excluding hydrogens is 406 g/mol. The zero-order chi connectivity index (χ0) is 21.8. The van der Waals surface area contributed by atoms with Crippen LogP contribution in [0.3, 0.4) is 0 Å². The molecule has 0 bridgehead atoms. The summed E-state index contributed by atoms with van der Waals surface area (Å²) < 4.78 is 13.3. The van der Waals surface area contributed by atoms with Gasteiger partial charge >= 0.3 is 0 Å². The molecule has 0 N–H and O–H groups in total. The predicted octanol–water partition coefficient (Wildman–Crippen LogP) is 6.38. The lowest BCUT2D eigenvalue weighted by Gasteiger charge is -2.25. The molecule has 2 aromatic carbocycles. The van der Waals surface area contributed by atoms with E-state index < -0.39 is 0 Å². The maximum Gasteiger partial charge on any atom is 0.192 e. The number of methoxy groups -OCH3 is 2. The van der Waals surface area contributed by atoms with E-state index in [0.29, 0.717) is 6.04 Å². The highest BCUT2D eigenvalue weighted by atomic mass is 32.2. The average Bonchev–Trinajstić information content (AvgIpc) is 3.24. The van der Waals surface area contributed by atoms with Gasteiger partial charge in [-0.1, -0.05) is 49.2 Å². The highest BCUT2D eigenvalue weighted by Gasteiger charge is 2.24. The van der Waals surface area contributed by atoms with E-state index in [1.54, 1.807) is 26.0 Å². The van der Waals surface area contributed by atoms with Gasteiger partial charge in [0.25, 0.3) is 0 Å². The number of hydrogen-bond donors (Lipinski definition) is 0. The Morgan fingerprint density at radius 3 is 2.26 bits per heavy atom. The fourth-order valence-electron chi connectivity index (χ4n) is 4.22. The molecule has 0 radical (unpaired) electrons. The molecule has 0 spiro atoms. The summed E-state index contributed by atoms with van der Waals surface area (Å²) in [6.07, 6.45) is 6.16. The summed E-state index contributed by atoms with van der Waals surface area (Å²) in [5, 5.41) is 10.3. The van der Waals surface area contributed by atoms with Crippen molar-refractivity contribution in [3.05, 3.63) is 53.1 Å². The topological polar surface area (TPSA) is 49.2 Å². The van der Waals surface area contributed by atoms with Crippen LogP contribution in [-0.4, -0.2) is 29.0 Å². The Bertz CT molecular complexity index is 1020. The fourth-order valence-corrected chi connectivity index (χ4v) is 5.17. The summed E-state index contributed by atoms with van der Waals surface area (Å²) in [7, 11) is 3.35. The smallest absolute Gasteiger partial charge is 0.192 e. The molecule has 1 aliphatic carbocycles. The Morgan fingerprint density at radius 2 is 1.61 bits per heavy atom. The lowest BCUT2D eigenvalue weighted by Crippen LogP contribution is -2.15. The van der Waals surface area contributed by atoms with Crippen LogP contribution in [0.5, 0.6) is 11.5 Å². The van der Waals surface area contributed by atoms with Gasteiger partial charge in [0, 0.05) is 23.4 Å². The maximum absolute atomic E-state index is 5.49. The number of aryl methyl sites for hydroxylation is 2. The summed E-state index contributed by atoms with van der Waals surface area (Å²) in [5.74, 6) is 3.30. The lowest BCUT2D eigenvalue weighted by atomic mass is 9.95. The van der Waals surface area contributed by atoms with Crippen LogP contribution in [0.15, 0.2) is 41.6 Å². The Hall–Kier alpha value is -2.47. The highest BCUT2D eigenvalue weighted by molar-refractivity contribution is 7.98. The van der Waals surface area contributed by atoms with E-state index in [4.69, 9.17) is 9.47 Å². The first-order valence-electron chi connectivity index (χ1n) is 11.0. The van der Waals surface area contributed by atoms with Crippen LogP contribution in [0.2, 0.25) is 0 Å². The number of nitrogens with zero attached hydrogens (tertiary/aromatic N) is 3. The minimum atomic E-state index is 0.429. The summed E-state index contributed by atoms with van der Waals surface area (Å²) in [6, 6.07) is 13.0. The predicted molar refractivity (Wildman–Crippen MR) is 126 cm³/mol. The van der Waals surface area contributed by atoms with Crippen molar-refractivity contribution in [2.75, 3.05) is 14.2 Å². The minimum Gasteiger partial charge on any atom is -0.497 e. The molecule has 1 saturated carbocycles. The van der Waals surface area contributed by atoms with Gasteiger partial charge in [-0.15, -0.1) is 10.2 Å². The van der Waals surface area contributed by atoms with Crippen LogP contribution in [0, 0.1) is 13.8 Å². The highest BCUT2D eigenvalue weighted by Crippen LogP contribution is 2.38. The molecule has 0 aliphatic heterocycles. The molecule has 1 aromatic heterocycles. The van der Waals surface area contributed by atoms with E-state index in [0.717, 1.165) is 33.8 Å². The number of benzene rings is 2. The Labute approximate surface area is 189 Å². The maximum atomic E-state index is 5.49. The molecule has 164 valence electrons. The van der Waals surface area contributed by atoms with Crippen molar-refractivity contribution in [3.63, 3.8) is 0 Å². The molecule has 0 amide bonds. The van der Waals surface area contributed by atoms with Gasteiger partial charge < -0.3 is 9.47 Å². The Morgan fingerprint density at radius 1 is 0.903 bits per heavy atom. The van der Waals surface area contributed by atoms with Gasteiger partial charge in [0.05, 0.1) is 14.2 Å². The fraction of sp³-hybridized carbons (Fsp3) is 0.440. The number of thioether (sulfide) groups is 1. The molecule has 3 aromatic rings. The molecule has 1 aliphatic rings.